The molecule has 0 unspecified atom stereocenters. The first-order chi connectivity index (χ1) is 9.52. The van der Waals surface area contributed by atoms with Crippen molar-refractivity contribution >= 4 is 33.2 Å². The molecule has 0 aromatic heterocycles. The van der Waals surface area contributed by atoms with Gasteiger partial charge in [-0.05, 0) is 29.3 Å². The van der Waals surface area contributed by atoms with E-state index in [0.717, 1.165) is 10.0 Å². The van der Waals surface area contributed by atoms with Crippen LogP contribution in [0.15, 0.2) is 40.9 Å². The van der Waals surface area contributed by atoms with Gasteiger partial charge in [0, 0.05) is 23.9 Å². The minimum atomic E-state index is -0.602. The number of anilines is 1. The van der Waals surface area contributed by atoms with E-state index in [2.05, 4.69) is 15.9 Å². The fourth-order valence-corrected chi connectivity index (χ4v) is 2.59. The van der Waals surface area contributed by atoms with Gasteiger partial charge in [0.15, 0.2) is 0 Å². The van der Waals surface area contributed by atoms with E-state index in [1.54, 1.807) is 11.9 Å². The molecule has 0 bridgehead atoms. The molecule has 0 heterocycles. The van der Waals surface area contributed by atoms with Gasteiger partial charge < -0.3 is 4.90 Å². The Morgan fingerprint density at radius 1 is 1.15 bits per heavy atom. The SMILES string of the molecule is CN(Cc1ccccc1Br)c1c(F)cc(CCl)cc1F. The van der Waals surface area contributed by atoms with Crippen molar-refractivity contribution in [2.24, 2.45) is 0 Å². The summed E-state index contributed by atoms with van der Waals surface area (Å²) in [5.74, 6) is -1.12. The second-order valence-electron chi connectivity index (χ2n) is 4.49. The Balaban J connectivity index is 2.30. The molecule has 0 spiro atoms. The van der Waals surface area contributed by atoms with Crippen LogP contribution in [-0.2, 0) is 12.4 Å². The molecule has 5 heteroatoms. The Kier molecular flexibility index (Phi) is 5.00. The largest absolute Gasteiger partial charge is 0.365 e. The summed E-state index contributed by atoms with van der Waals surface area (Å²) >= 11 is 9.03. The quantitative estimate of drug-likeness (QED) is 0.685. The van der Waals surface area contributed by atoms with Gasteiger partial charge in [0.2, 0.25) is 0 Å². The molecule has 1 nitrogen and oxygen atoms in total. The minimum absolute atomic E-state index is 0.0466. The predicted octanol–water partition coefficient (Wildman–Crippen LogP) is 5.10. The first-order valence-corrected chi connectivity index (χ1v) is 7.34. The lowest BCUT2D eigenvalue weighted by molar-refractivity contribution is 0.574. The first kappa shape index (κ1) is 15.3. The van der Waals surface area contributed by atoms with E-state index in [4.69, 9.17) is 11.6 Å². The number of rotatable bonds is 4. The zero-order valence-corrected chi connectivity index (χ0v) is 13.2. The Hall–Kier alpha value is -1.13. The van der Waals surface area contributed by atoms with Crippen LogP contribution in [0.3, 0.4) is 0 Å². The fourth-order valence-electron chi connectivity index (χ4n) is 2.02. The summed E-state index contributed by atoms with van der Waals surface area (Å²) in [5.41, 5.74) is 1.34. The number of nitrogens with zero attached hydrogens (tertiary/aromatic N) is 1. The summed E-state index contributed by atoms with van der Waals surface area (Å²) in [6, 6.07) is 10.1. The molecule has 2 aromatic carbocycles. The third kappa shape index (κ3) is 3.30. The van der Waals surface area contributed by atoms with Crippen LogP contribution in [-0.4, -0.2) is 7.05 Å². The highest BCUT2D eigenvalue weighted by molar-refractivity contribution is 9.10. The number of alkyl halides is 1. The topological polar surface area (TPSA) is 3.24 Å². The van der Waals surface area contributed by atoms with Gasteiger partial charge in [-0.2, -0.15) is 0 Å². The van der Waals surface area contributed by atoms with Gasteiger partial charge in [-0.1, -0.05) is 34.1 Å². The normalized spacial score (nSPS) is 10.7. The highest BCUT2D eigenvalue weighted by Gasteiger charge is 2.16. The number of hydrogen-bond donors (Lipinski definition) is 0. The van der Waals surface area contributed by atoms with Crippen LogP contribution in [0.25, 0.3) is 0 Å². The highest BCUT2D eigenvalue weighted by atomic mass is 79.9. The van der Waals surface area contributed by atoms with Gasteiger partial charge in [-0.25, -0.2) is 8.78 Å². The van der Waals surface area contributed by atoms with Crippen molar-refractivity contribution in [3.8, 4) is 0 Å². The van der Waals surface area contributed by atoms with Crippen LogP contribution in [0, 0.1) is 11.6 Å². The Morgan fingerprint density at radius 2 is 1.75 bits per heavy atom. The lowest BCUT2D eigenvalue weighted by Gasteiger charge is -2.21. The average Bonchev–Trinajstić information content (AvgIpc) is 2.40. The van der Waals surface area contributed by atoms with Crippen LogP contribution in [0.5, 0.6) is 0 Å². The second kappa shape index (κ2) is 6.55. The van der Waals surface area contributed by atoms with Gasteiger partial charge in [0.05, 0.1) is 0 Å². The Bertz CT molecular complexity index is 596. The predicted molar refractivity (Wildman–Crippen MR) is 82.2 cm³/mol. The van der Waals surface area contributed by atoms with E-state index in [1.165, 1.54) is 12.1 Å². The maximum absolute atomic E-state index is 14.0. The summed E-state index contributed by atoms with van der Waals surface area (Å²) in [6.45, 7) is 0.398. The average molecular weight is 361 g/mol. The van der Waals surface area contributed by atoms with Crippen molar-refractivity contribution in [1.29, 1.82) is 0 Å². The molecule has 106 valence electrons. The maximum Gasteiger partial charge on any atom is 0.149 e. The van der Waals surface area contributed by atoms with E-state index >= 15 is 0 Å². The molecule has 20 heavy (non-hydrogen) atoms. The summed E-state index contributed by atoms with van der Waals surface area (Å²) < 4.78 is 28.9. The number of hydrogen-bond acceptors (Lipinski definition) is 1. The lowest BCUT2D eigenvalue weighted by Crippen LogP contribution is -2.19. The summed E-state index contributed by atoms with van der Waals surface area (Å²) in [7, 11) is 1.65. The van der Waals surface area contributed by atoms with Crippen molar-refractivity contribution in [1.82, 2.24) is 0 Å². The van der Waals surface area contributed by atoms with E-state index in [0.29, 0.717) is 12.1 Å². The van der Waals surface area contributed by atoms with Crippen molar-refractivity contribution in [2.45, 2.75) is 12.4 Å². The second-order valence-corrected chi connectivity index (χ2v) is 5.61. The smallest absolute Gasteiger partial charge is 0.149 e. The molecule has 0 aliphatic heterocycles. The molecule has 2 rings (SSSR count). The summed E-state index contributed by atoms with van der Waals surface area (Å²) in [5, 5.41) is 0. The van der Waals surface area contributed by atoms with Crippen LogP contribution >= 0.6 is 27.5 Å². The lowest BCUT2D eigenvalue weighted by atomic mass is 10.1. The molecule has 0 radical (unpaired) electrons. The molecular weight excluding hydrogens is 348 g/mol. The molecule has 0 atom stereocenters. The van der Waals surface area contributed by atoms with Crippen molar-refractivity contribution < 1.29 is 8.78 Å². The maximum atomic E-state index is 14.0. The van der Waals surface area contributed by atoms with Crippen LogP contribution in [0.1, 0.15) is 11.1 Å². The van der Waals surface area contributed by atoms with Crippen molar-refractivity contribution in [2.75, 3.05) is 11.9 Å². The van der Waals surface area contributed by atoms with Crippen molar-refractivity contribution in [3.05, 3.63) is 63.6 Å². The minimum Gasteiger partial charge on any atom is -0.365 e. The molecule has 0 fully saturated rings. The van der Waals surface area contributed by atoms with Gasteiger partial charge in [-0.3, -0.25) is 0 Å². The molecule has 0 N–H and O–H groups in total. The van der Waals surface area contributed by atoms with Crippen LogP contribution in [0.2, 0.25) is 0 Å². The van der Waals surface area contributed by atoms with E-state index < -0.39 is 11.6 Å². The Morgan fingerprint density at radius 3 is 2.30 bits per heavy atom. The summed E-state index contributed by atoms with van der Waals surface area (Å²) in [4.78, 5) is 1.54. The standard InChI is InChI=1S/C15H13BrClF2N/c1-20(9-11-4-2-3-5-12(11)16)15-13(18)6-10(8-17)7-14(15)19/h2-7H,8-9H2,1H3. The van der Waals surface area contributed by atoms with Gasteiger partial charge in [0.1, 0.15) is 17.3 Å². The third-order valence-corrected chi connectivity index (χ3v) is 4.06. The van der Waals surface area contributed by atoms with Crippen molar-refractivity contribution in [3.63, 3.8) is 0 Å². The zero-order chi connectivity index (χ0) is 14.7. The fraction of sp³-hybridized carbons (Fsp3) is 0.200. The molecular formula is C15H13BrClF2N. The van der Waals surface area contributed by atoms with Gasteiger partial charge in [-0.15, -0.1) is 11.6 Å². The highest BCUT2D eigenvalue weighted by Crippen LogP contribution is 2.27. The molecule has 0 saturated carbocycles. The van der Waals surface area contributed by atoms with Crippen LogP contribution in [0.4, 0.5) is 14.5 Å². The monoisotopic (exact) mass is 359 g/mol. The molecule has 0 saturated heterocycles. The van der Waals surface area contributed by atoms with E-state index in [9.17, 15) is 8.78 Å². The molecule has 0 aliphatic carbocycles. The third-order valence-electron chi connectivity index (χ3n) is 2.98. The van der Waals surface area contributed by atoms with Gasteiger partial charge in [0.25, 0.3) is 0 Å². The number of halogens is 4. The molecule has 0 aliphatic rings. The number of benzene rings is 2. The molecule has 0 amide bonds. The zero-order valence-electron chi connectivity index (χ0n) is 10.8. The van der Waals surface area contributed by atoms with E-state index in [1.807, 2.05) is 24.3 Å². The first-order valence-electron chi connectivity index (χ1n) is 6.01. The summed E-state index contributed by atoms with van der Waals surface area (Å²) in [6.07, 6.45) is 0. The molecule has 2 aromatic rings. The van der Waals surface area contributed by atoms with E-state index in [-0.39, 0.29) is 11.6 Å². The Labute approximate surface area is 130 Å². The van der Waals surface area contributed by atoms with Gasteiger partial charge >= 0.3 is 0 Å². The van der Waals surface area contributed by atoms with Crippen LogP contribution < -0.4 is 4.90 Å².